The van der Waals surface area contributed by atoms with Gasteiger partial charge in [0.1, 0.15) is 24.6 Å². The van der Waals surface area contributed by atoms with Crippen molar-refractivity contribution in [1.29, 1.82) is 0 Å². The molecule has 1 fully saturated rings. The Labute approximate surface area is 227 Å². The molecule has 3 heterocycles. The molecular weight excluding hydrogens is 504 g/mol. The van der Waals surface area contributed by atoms with Gasteiger partial charge in [-0.2, -0.15) is 0 Å². The summed E-state index contributed by atoms with van der Waals surface area (Å²) >= 11 is 0. The first-order valence-electron chi connectivity index (χ1n) is 13.0. The van der Waals surface area contributed by atoms with Gasteiger partial charge in [0.2, 0.25) is 5.88 Å². The predicted molar refractivity (Wildman–Crippen MR) is 146 cm³/mol. The molecule has 1 N–H and O–H groups in total. The van der Waals surface area contributed by atoms with E-state index in [9.17, 15) is 13.6 Å². The number of methoxy groups -OCH3 is 1. The van der Waals surface area contributed by atoms with Gasteiger partial charge in [-0.25, -0.2) is 9.37 Å². The van der Waals surface area contributed by atoms with Gasteiger partial charge < -0.3 is 19.5 Å². The largest absolute Gasteiger partial charge is 0.475 e. The number of hydrogen-bond donors (Lipinski definition) is 1. The van der Waals surface area contributed by atoms with Crippen molar-refractivity contribution in [3.05, 3.63) is 71.2 Å². The van der Waals surface area contributed by atoms with E-state index in [1.54, 1.807) is 19.2 Å². The molecule has 0 radical (unpaired) electrons. The second-order valence-corrected chi connectivity index (χ2v) is 10.3. The van der Waals surface area contributed by atoms with Crippen LogP contribution < -0.4 is 10.1 Å². The van der Waals surface area contributed by atoms with E-state index in [0.717, 1.165) is 16.7 Å². The van der Waals surface area contributed by atoms with Crippen molar-refractivity contribution in [1.82, 2.24) is 9.97 Å². The maximum atomic E-state index is 14.5. The van der Waals surface area contributed by atoms with Gasteiger partial charge in [0.15, 0.2) is 0 Å². The lowest BCUT2D eigenvalue weighted by Gasteiger charge is -2.34. The Hall–Kier alpha value is -3.43. The highest BCUT2D eigenvalue weighted by Gasteiger charge is 2.37. The minimum atomic E-state index is -1.60. The fourth-order valence-corrected chi connectivity index (χ4v) is 4.59. The molecule has 1 aromatic carbocycles. The zero-order valence-electron chi connectivity index (χ0n) is 22.9. The molecule has 2 aromatic heterocycles. The number of aryl methyl sites for hydroxylation is 1. The van der Waals surface area contributed by atoms with Crippen LogP contribution in [0, 0.1) is 6.92 Å². The van der Waals surface area contributed by atoms with Crippen LogP contribution in [0.5, 0.6) is 5.88 Å². The van der Waals surface area contributed by atoms with Crippen LogP contribution in [0.15, 0.2) is 48.7 Å². The normalized spacial score (nSPS) is 15.1. The number of nitrogens with one attached hydrogen (secondary N) is 1. The van der Waals surface area contributed by atoms with E-state index in [2.05, 4.69) is 15.3 Å². The van der Waals surface area contributed by atoms with Crippen molar-refractivity contribution < 1.29 is 27.8 Å². The molecular formula is C30H35F2N3O4. The molecule has 39 heavy (non-hydrogen) atoms. The maximum Gasteiger partial charge on any atom is 0.274 e. The lowest BCUT2D eigenvalue weighted by atomic mass is 9.77. The molecule has 7 nitrogen and oxygen atoms in total. The third kappa shape index (κ3) is 6.78. The Morgan fingerprint density at radius 2 is 1.90 bits per heavy atom. The second-order valence-electron chi connectivity index (χ2n) is 10.3. The summed E-state index contributed by atoms with van der Waals surface area (Å²) in [6.45, 7) is 5.88. The van der Waals surface area contributed by atoms with Gasteiger partial charge in [-0.1, -0.05) is 6.07 Å². The molecule has 1 aliphatic rings. The molecule has 3 aromatic rings. The number of rotatable bonds is 10. The Balaban J connectivity index is 1.69. The van der Waals surface area contributed by atoms with E-state index in [4.69, 9.17) is 14.2 Å². The van der Waals surface area contributed by atoms with Crippen molar-refractivity contribution in [2.75, 3.05) is 45.5 Å². The van der Waals surface area contributed by atoms with E-state index < -0.39 is 23.7 Å². The number of nitrogens with zero attached hydrogens (tertiary/aromatic N) is 2. The quantitative estimate of drug-likeness (QED) is 0.321. The average molecular weight is 540 g/mol. The first kappa shape index (κ1) is 28.6. The average Bonchev–Trinajstić information content (AvgIpc) is 2.94. The number of hydrogen-bond acceptors (Lipinski definition) is 6. The maximum absolute atomic E-state index is 14.5. The van der Waals surface area contributed by atoms with Crippen LogP contribution in [-0.2, 0) is 20.6 Å². The van der Waals surface area contributed by atoms with E-state index in [1.165, 1.54) is 26.1 Å². The van der Waals surface area contributed by atoms with Crippen LogP contribution >= 0.6 is 0 Å². The molecule has 0 atom stereocenters. The number of pyridine rings is 2. The van der Waals surface area contributed by atoms with Crippen LogP contribution in [0.4, 0.5) is 14.5 Å². The summed E-state index contributed by atoms with van der Waals surface area (Å²) in [5, 5.41) is 2.86. The molecule has 9 heteroatoms. The summed E-state index contributed by atoms with van der Waals surface area (Å²) in [7, 11) is 1.59. The number of aromatic nitrogens is 2. The molecule has 0 spiro atoms. The number of amides is 1. The van der Waals surface area contributed by atoms with Gasteiger partial charge in [0.25, 0.3) is 5.91 Å². The lowest BCUT2D eigenvalue weighted by Crippen LogP contribution is -2.36. The highest BCUT2D eigenvalue weighted by molar-refractivity contribution is 6.03. The minimum absolute atomic E-state index is 0.116. The summed E-state index contributed by atoms with van der Waals surface area (Å²) in [6.07, 6.45) is 2.47. The monoisotopic (exact) mass is 539 g/mol. The molecule has 1 aliphatic heterocycles. The van der Waals surface area contributed by atoms with Crippen molar-refractivity contribution >= 4 is 11.6 Å². The zero-order valence-corrected chi connectivity index (χ0v) is 22.9. The number of carbonyl (C=O) groups is 1. The Morgan fingerprint density at radius 1 is 1.13 bits per heavy atom. The second kappa shape index (κ2) is 12.2. The number of anilines is 1. The third-order valence-electron chi connectivity index (χ3n) is 7.07. The van der Waals surface area contributed by atoms with Gasteiger partial charge in [-0.05, 0) is 86.2 Å². The standard InChI is InChI=1S/C30H35F2N3O4/c1-20-5-6-23(34-28(36)25-17-22(7-10-33-25)29(2,3)32)18-24(20)21-15-26(30(19-31)8-11-38-12-9-30)35-27(16-21)39-14-13-37-4/h5-7,10,15-18H,8-9,11-14,19H2,1-4H3,(H,34,36). The first-order chi connectivity index (χ1) is 18.6. The molecule has 0 unspecified atom stereocenters. The van der Waals surface area contributed by atoms with Gasteiger partial charge in [-0.3, -0.25) is 14.2 Å². The highest BCUT2D eigenvalue weighted by Crippen LogP contribution is 2.38. The molecule has 1 amide bonds. The van der Waals surface area contributed by atoms with Gasteiger partial charge in [0.05, 0.1) is 12.3 Å². The molecule has 0 aliphatic carbocycles. The third-order valence-corrected chi connectivity index (χ3v) is 7.07. The SMILES string of the molecule is COCCOc1cc(-c2cc(NC(=O)c3cc(C(C)(C)F)ccn3)ccc2C)cc(C2(CF)CCOCC2)n1. The minimum Gasteiger partial charge on any atom is -0.475 e. The smallest absolute Gasteiger partial charge is 0.274 e. The van der Waals surface area contributed by atoms with Crippen molar-refractivity contribution in [3.63, 3.8) is 0 Å². The van der Waals surface area contributed by atoms with E-state index in [-0.39, 0.29) is 5.69 Å². The van der Waals surface area contributed by atoms with Crippen molar-refractivity contribution in [3.8, 4) is 17.0 Å². The van der Waals surface area contributed by atoms with Crippen LogP contribution in [0.3, 0.4) is 0 Å². The van der Waals surface area contributed by atoms with E-state index in [0.29, 0.717) is 62.1 Å². The number of halogens is 2. The van der Waals surface area contributed by atoms with Gasteiger partial charge in [-0.15, -0.1) is 0 Å². The van der Waals surface area contributed by atoms with Gasteiger partial charge in [0, 0.05) is 43.7 Å². The Kier molecular flexibility index (Phi) is 8.92. The van der Waals surface area contributed by atoms with Gasteiger partial charge >= 0.3 is 0 Å². The van der Waals surface area contributed by atoms with E-state index >= 15 is 0 Å². The van der Waals surface area contributed by atoms with Crippen LogP contribution in [0.1, 0.15) is 54.0 Å². The predicted octanol–water partition coefficient (Wildman–Crippen LogP) is 5.95. The molecule has 4 rings (SSSR count). The molecule has 1 saturated heterocycles. The first-order valence-corrected chi connectivity index (χ1v) is 13.0. The number of ether oxygens (including phenoxy) is 3. The van der Waals surface area contributed by atoms with Crippen LogP contribution in [0.25, 0.3) is 11.1 Å². The topological polar surface area (TPSA) is 82.6 Å². The fraction of sp³-hybridized carbons (Fsp3) is 0.433. The number of carbonyl (C=O) groups excluding carboxylic acids is 1. The summed E-state index contributed by atoms with van der Waals surface area (Å²) in [5.74, 6) is -0.0731. The fourth-order valence-electron chi connectivity index (χ4n) is 4.59. The molecule has 0 bridgehead atoms. The van der Waals surface area contributed by atoms with Crippen molar-refractivity contribution in [2.45, 2.75) is 44.7 Å². The number of benzene rings is 1. The Morgan fingerprint density at radius 3 is 2.59 bits per heavy atom. The van der Waals surface area contributed by atoms with Crippen LogP contribution in [-0.4, -0.2) is 56.1 Å². The highest BCUT2D eigenvalue weighted by atomic mass is 19.1. The molecule has 0 saturated carbocycles. The number of alkyl halides is 2. The zero-order chi connectivity index (χ0) is 28.0. The molecule has 208 valence electrons. The lowest BCUT2D eigenvalue weighted by molar-refractivity contribution is 0.0383. The summed E-state index contributed by atoms with van der Waals surface area (Å²) in [6, 6.07) is 12.2. The Bertz CT molecular complexity index is 1300. The van der Waals surface area contributed by atoms with E-state index in [1.807, 2.05) is 31.2 Å². The summed E-state index contributed by atoms with van der Waals surface area (Å²) in [5.41, 5.74) is 1.86. The van der Waals surface area contributed by atoms with Crippen LogP contribution in [0.2, 0.25) is 0 Å². The summed E-state index contributed by atoms with van der Waals surface area (Å²) in [4.78, 5) is 21.8. The summed E-state index contributed by atoms with van der Waals surface area (Å²) < 4.78 is 45.4. The van der Waals surface area contributed by atoms with Crippen molar-refractivity contribution in [2.24, 2.45) is 0 Å².